The first-order valence-electron chi connectivity index (χ1n) is 30.6. The minimum absolute atomic E-state index is 0.0767. The van der Waals surface area contributed by atoms with Gasteiger partial charge in [-0.3, -0.25) is 86.6 Å². The molecule has 1 fully saturated rings. The normalized spacial score (nSPS) is 14.0. The molecule has 2 aromatic rings. The average Bonchev–Trinajstić information content (AvgIpc) is 0.741. The minimum atomic E-state index is -1.90. The van der Waals surface area contributed by atoms with Crippen LogP contribution < -0.4 is 10.7 Å². The predicted molar refractivity (Wildman–Crippen MR) is 333 cm³/mol. The van der Waals surface area contributed by atoms with Gasteiger partial charge in [0.1, 0.15) is 29.5 Å². The van der Waals surface area contributed by atoms with E-state index in [9.17, 15) is 142 Å². The van der Waals surface area contributed by atoms with E-state index < -0.39 is 266 Å². The van der Waals surface area contributed by atoms with Crippen molar-refractivity contribution in [2.45, 2.75) is 82.3 Å². The van der Waals surface area contributed by atoms with Crippen molar-refractivity contribution in [3.63, 3.8) is 0 Å². The van der Waals surface area contributed by atoms with Crippen molar-refractivity contribution in [2.75, 3.05) is 98.2 Å². The number of phenols is 1. The number of carbonyl (C=O) groups is 15. The second-order valence-corrected chi connectivity index (χ2v) is 23.0. The van der Waals surface area contributed by atoms with Crippen molar-refractivity contribution in [1.82, 2.24) is 39.6 Å². The van der Waals surface area contributed by atoms with Crippen LogP contribution in [0, 0.1) is 11.6 Å². The van der Waals surface area contributed by atoms with Crippen molar-refractivity contribution in [2.24, 2.45) is 0 Å². The monoisotopic (exact) mass is 1410 g/mol. The number of unbranched alkanes of at least 4 members (excludes halogenated alkanes) is 2. The summed E-state index contributed by atoms with van der Waals surface area (Å²) in [5.41, 5.74) is -2.59. The molecule has 12 N–H and O–H groups in total. The fraction of sp³-hybridized carbons (Fsp3) is 0.452. The van der Waals surface area contributed by atoms with Gasteiger partial charge in [0, 0.05) is 119 Å². The van der Waals surface area contributed by atoms with E-state index >= 15 is 0 Å². The largest absolute Gasteiger partial charge is 0.505 e. The van der Waals surface area contributed by atoms with Crippen LogP contribution in [0.1, 0.15) is 84.9 Å². The molecule has 0 spiro atoms. The molecule has 1 saturated heterocycles. The predicted octanol–water partition coefficient (Wildman–Crippen LogP) is -0.0212. The Bertz CT molecular complexity index is 3690. The van der Waals surface area contributed by atoms with Crippen molar-refractivity contribution < 1.29 is 141 Å². The highest BCUT2D eigenvalue weighted by Gasteiger charge is 2.36. The van der Waals surface area contributed by atoms with Gasteiger partial charge in [0.15, 0.2) is 17.4 Å². The summed E-state index contributed by atoms with van der Waals surface area (Å²) >= 11 is 0. The van der Waals surface area contributed by atoms with Crippen LogP contribution in [0.3, 0.4) is 0 Å². The smallest absolute Gasteiger partial charge is 0.336 e. The number of nitrogens with zero attached hydrogens (tertiary/aromatic N) is 7. The Morgan fingerprint density at radius 2 is 0.840 bits per heavy atom. The number of fused-ring (bicyclic) bond motifs is 2. The lowest BCUT2D eigenvalue weighted by molar-refractivity contribution is -0.153. The van der Waals surface area contributed by atoms with Gasteiger partial charge in [-0.15, -0.1) is 0 Å². The third-order valence-corrected chi connectivity index (χ3v) is 16.0. The molecule has 0 aromatic heterocycles. The highest BCUT2D eigenvalue weighted by Crippen LogP contribution is 2.43. The number of nitrogens with one attached hydrogen (secondary N) is 1. The third kappa shape index (κ3) is 23.2. The summed E-state index contributed by atoms with van der Waals surface area (Å²) in [7, 11) is 0. The molecule has 2 heterocycles. The average molecular weight is 1420 g/mol. The first-order chi connectivity index (χ1) is 47.1. The van der Waals surface area contributed by atoms with E-state index in [-0.39, 0.29) is 71.2 Å². The van der Waals surface area contributed by atoms with Crippen LogP contribution in [0.5, 0.6) is 5.75 Å². The van der Waals surface area contributed by atoms with Crippen LogP contribution in [0.2, 0.25) is 0 Å². The van der Waals surface area contributed by atoms with E-state index in [1.807, 2.05) is 0 Å². The van der Waals surface area contributed by atoms with Crippen LogP contribution >= 0.6 is 0 Å². The quantitative estimate of drug-likeness (QED) is 0.0210. The Balaban J connectivity index is 1.44. The molecule has 0 saturated carbocycles. The van der Waals surface area contributed by atoms with Crippen LogP contribution in [-0.4, -0.2) is 296 Å². The number of amides is 5. The van der Waals surface area contributed by atoms with Crippen molar-refractivity contribution in [1.29, 1.82) is 0 Å². The zero-order chi connectivity index (χ0) is 74.4. The van der Waals surface area contributed by atoms with Gasteiger partial charge >= 0.3 is 59.7 Å². The molecule has 3 atom stereocenters. The summed E-state index contributed by atoms with van der Waals surface area (Å²) in [6.45, 7) is -10.3. The lowest BCUT2D eigenvalue weighted by Crippen LogP contribution is -2.51. The second kappa shape index (κ2) is 36.9. The Morgan fingerprint density at radius 3 is 1.20 bits per heavy atom. The molecule has 36 nitrogen and oxygen atoms in total. The molecule has 542 valence electrons. The molecule has 2 aliphatic heterocycles. The van der Waals surface area contributed by atoms with Crippen LogP contribution in [0.15, 0.2) is 51.7 Å². The number of hydrogen-bond acceptors (Lipinski definition) is 21. The maximum atomic E-state index is 14.9. The molecule has 2 aromatic carbocycles. The number of rotatable bonds is 36. The fourth-order valence-electron chi connectivity index (χ4n) is 11.2. The van der Waals surface area contributed by atoms with E-state index in [4.69, 9.17) is 4.42 Å². The number of aromatic carboxylic acids is 1. The summed E-state index contributed by atoms with van der Waals surface area (Å²) in [4.78, 5) is 209. The maximum absolute atomic E-state index is 14.9. The van der Waals surface area contributed by atoms with Gasteiger partial charge in [-0.2, -0.15) is 0 Å². The number of hydrogen-bond donors (Lipinski definition) is 12. The molecule has 38 heteroatoms. The maximum Gasteiger partial charge on any atom is 0.336 e. The van der Waals surface area contributed by atoms with Gasteiger partial charge in [-0.25, -0.2) is 13.6 Å². The minimum Gasteiger partial charge on any atom is -0.505 e. The molecule has 5 amide bonds. The highest BCUT2D eigenvalue weighted by atomic mass is 19.1. The summed E-state index contributed by atoms with van der Waals surface area (Å²) < 4.78 is 35.5. The van der Waals surface area contributed by atoms with Gasteiger partial charge in [-0.05, 0) is 68.0 Å². The van der Waals surface area contributed by atoms with Gasteiger partial charge in [-0.1, -0.05) is 6.42 Å². The van der Waals surface area contributed by atoms with Crippen LogP contribution in [0.4, 0.5) is 8.78 Å². The Morgan fingerprint density at radius 1 is 0.460 bits per heavy atom. The van der Waals surface area contributed by atoms with Crippen molar-refractivity contribution in [3.8, 4) is 28.2 Å². The molecule has 100 heavy (non-hydrogen) atoms. The Hall–Kier alpha value is -11.3. The SMILES string of the molecule is O=C(O)CN(CC(=O)O)[C@@H](CCC(=O)N1CCN(C(=O)CCCCCNC(=O)c2ccc(C(=O)O)c(-c3c4cc(F)c(=O)cc-4oc4cc(O)c(F)cc34)c2)CCN(C(=O)CC[C@@H](C(=O)O)N(CC(=O)O)CC(=O)O)CCN(C(=O)CC[C@@H](C(=O)O)N(CC(=O)O)CC(=O)O)CC1)C(=O)O. The first-order valence-corrected chi connectivity index (χ1v) is 30.6. The number of phenolic OH excluding ortho intramolecular Hbond substituents is 1. The van der Waals surface area contributed by atoms with E-state index in [0.717, 1.165) is 57.2 Å². The van der Waals surface area contributed by atoms with E-state index in [2.05, 4.69) is 5.32 Å². The third-order valence-electron chi connectivity index (χ3n) is 16.0. The lowest BCUT2D eigenvalue weighted by atomic mass is 9.89. The number of carboxylic acid groups (broad SMARTS) is 10. The lowest BCUT2D eigenvalue weighted by Gasteiger charge is -2.35. The summed E-state index contributed by atoms with van der Waals surface area (Å²) in [6, 6.07) is 0.831. The summed E-state index contributed by atoms with van der Waals surface area (Å²) in [6.07, 6.45) is -4.10. The van der Waals surface area contributed by atoms with E-state index in [1.165, 1.54) is 4.90 Å². The van der Waals surface area contributed by atoms with Crippen molar-refractivity contribution >= 4 is 100 Å². The van der Waals surface area contributed by atoms with Gasteiger partial charge in [0.2, 0.25) is 29.1 Å². The number of aliphatic carboxylic acids is 9. The van der Waals surface area contributed by atoms with Gasteiger partial charge in [0.05, 0.1) is 44.8 Å². The van der Waals surface area contributed by atoms with Crippen molar-refractivity contribution in [3.05, 3.63) is 75.4 Å². The van der Waals surface area contributed by atoms with Gasteiger partial charge in [0.25, 0.3) is 5.91 Å². The summed E-state index contributed by atoms with van der Waals surface area (Å²) in [5.74, 6) is -24.1. The zero-order valence-corrected chi connectivity index (χ0v) is 53.2. The molecule has 0 radical (unpaired) electrons. The first kappa shape index (κ1) is 79.4. The second-order valence-electron chi connectivity index (χ2n) is 23.0. The number of halogens is 2. The number of carbonyl (C=O) groups excluding carboxylic acids is 5. The van der Waals surface area contributed by atoms with Crippen LogP contribution in [-0.2, 0) is 62.3 Å². The zero-order valence-electron chi connectivity index (χ0n) is 53.2. The summed E-state index contributed by atoms with van der Waals surface area (Å²) in [5, 5.41) is 110. The number of aromatic hydroxyl groups is 1. The topological polar surface area (TPSA) is 544 Å². The van der Waals surface area contributed by atoms with Crippen LogP contribution in [0.25, 0.3) is 33.4 Å². The molecule has 1 aliphatic carbocycles. The Kier molecular flexibility index (Phi) is 29.3. The molecule has 0 unspecified atom stereocenters. The van der Waals surface area contributed by atoms with Gasteiger partial charge < -0.3 is 85.5 Å². The molecule has 0 bridgehead atoms. The van der Waals surface area contributed by atoms with E-state index in [1.54, 1.807) is 0 Å². The fourth-order valence-corrected chi connectivity index (χ4v) is 11.2. The number of benzene rings is 3. The molecule has 5 rings (SSSR count). The standard InChI is InChI=1S/C62H72F2N8O28/c63-38-23-36-45(25-43(38)73)100-46-26-44(74)39(64)24-37(46)57(36)35-22-33(5-6-34(35)59(92)93)58(91)65-13-3-1-2-4-47(75)66-14-16-67(48(76)10-7-40(60(94)95)70(27-51(79)80)28-52(81)82)18-20-69(50(78)12-9-42(62(98)99)72(31-55(87)88)32-56(89)90)21-19-68(17-15-66)49(77)11-8-41(61(96)97)71(29-53(83)84)30-54(85)86/h5-6,22-26,40-42,73H,1-4,7-21,27-32H2,(H,65,91)(H,79,80)(H,81,82)(H,83,84)(H,85,86)(H,87,88)(H,89,90)(H,92,93)(H,94,95)(H,96,97)(H,98,99)/t40-,41-,42-/m0/s1. The Labute approximate surface area is 563 Å². The molecular weight excluding hydrogens is 1340 g/mol. The number of carboxylic acids is 10. The van der Waals surface area contributed by atoms with E-state index in [0.29, 0.717) is 14.7 Å². The molecular formula is C62H72F2N8O28. The molecule has 3 aliphatic rings. The highest BCUT2D eigenvalue weighted by molar-refractivity contribution is 6.09.